The Labute approximate surface area is 203 Å². The number of nitrogens with one attached hydrogen (secondary N) is 1. The van der Waals surface area contributed by atoms with E-state index < -0.39 is 23.8 Å². The number of alkyl halides is 3. The average molecular weight is 504 g/mol. The Kier molecular flexibility index (Phi) is 6.14. The molecule has 1 aromatic heterocycles. The predicted octanol–water partition coefficient (Wildman–Crippen LogP) is 6.54. The summed E-state index contributed by atoms with van der Waals surface area (Å²) in [7, 11) is 0. The predicted molar refractivity (Wildman–Crippen MR) is 125 cm³/mol. The van der Waals surface area contributed by atoms with E-state index in [9.17, 15) is 23.2 Å². The summed E-state index contributed by atoms with van der Waals surface area (Å²) in [6, 6.07) is 13.5. The molecular weight excluding hydrogens is 487 g/mol. The number of amides is 1. The Bertz CT molecular complexity index is 1370. The van der Waals surface area contributed by atoms with Crippen molar-refractivity contribution in [3.8, 4) is 17.4 Å². The molecule has 34 heavy (non-hydrogen) atoms. The number of aryl methyl sites for hydroxylation is 2. The number of furan rings is 1. The quantitative estimate of drug-likeness (QED) is 0.398. The van der Waals surface area contributed by atoms with Crippen LogP contribution in [-0.2, 0) is 11.0 Å². The Morgan fingerprint density at radius 1 is 1.15 bits per heavy atom. The first-order valence-electron chi connectivity index (χ1n) is 9.99. The van der Waals surface area contributed by atoms with E-state index in [1.54, 1.807) is 4.90 Å². The second-order valence-electron chi connectivity index (χ2n) is 7.74. The van der Waals surface area contributed by atoms with Gasteiger partial charge in [0.2, 0.25) is 0 Å². The van der Waals surface area contributed by atoms with E-state index in [4.69, 9.17) is 16.0 Å². The van der Waals surface area contributed by atoms with Gasteiger partial charge in [0, 0.05) is 11.3 Å². The summed E-state index contributed by atoms with van der Waals surface area (Å²) in [6.07, 6.45) is -5.46. The first kappa shape index (κ1) is 23.8. The van der Waals surface area contributed by atoms with Crippen LogP contribution in [0.1, 0.15) is 28.6 Å². The summed E-state index contributed by atoms with van der Waals surface area (Å²) >= 11 is 10.6. The molecule has 2 heterocycles. The first-order valence-corrected chi connectivity index (χ1v) is 10.8. The van der Waals surface area contributed by atoms with Crippen molar-refractivity contribution < 1.29 is 22.4 Å². The molecule has 0 aliphatic carbocycles. The van der Waals surface area contributed by atoms with E-state index in [-0.39, 0.29) is 32.7 Å². The fraction of sp³-hybridized carbons (Fsp3) is 0.167. The van der Waals surface area contributed by atoms with E-state index in [0.29, 0.717) is 5.69 Å². The number of thiol groups is 1. The molecule has 174 valence electrons. The molecule has 3 aromatic rings. The van der Waals surface area contributed by atoms with Crippen molar-refractivity contribution in [1.82, 2.24) is 5.32 Å². The van der Waals surface area contributed by atoms with Gasteiger partial charge in [-0.2, -0.15) is 18.4 Å². The summed E-state index contributed by atoms with van der Waals surface area (Å²) in [5.41, 5.74) is 1.56. The lowest BCUT2D eigenvalue weighted by Crippen LogP contribution is -2.46. The highest BCUT2D eigenvalue weighted by atomic mass is 35.5. The van der Waals surface area contributed by atoms with Crippen LogP contribution in [0.2, 0.25) is 5.02 Å². The van der Waals surface area contributed by atoms with Crippen LogP contribution in [0.15, 0.2) is 63.6 Å². The van der Waals surface area contributed by atoms with Crippen LogP contribution in [0.3, 0.4) is 0 Å². The molecule has 1 unspecified atom stereocenters. The summed E-state index contributed by atoms with van der Waals surface area (Å²) < 4.78 is 45.5. The van der Waals surface area contributed by atoms with Crippen LogP contribution in [0.5, 0.6) is 0 Å². The SMILES string of the molecule is Cc1ccc(N2C(S)=C(C#N)C(=O)NC2c2ccc(-c3cc(C(F)(F)F)ccc3Cl)o2)c(C)c1. The van der Waals surface area contributed by atoms with Crippen LogP contribution >= 0.6 is 24.2 Å². The molecular formula is C24H17ClF3N3O2S. The van der Waals surface area contributed by atoms with Gasteiger partial charge in [0.25, 0.3) is 5.91 Å². The molecule has 0 saturated carbocycles. The second kappa shape index (κ2) is 8.78. The summed E-state index contributed by atoms with van der Waals surface area (Å²) in [5, 5.41) is 12.4. The molecule has 2 aromatic carbocycles. The standard InChI is InChI=1S/C24H17ClF3N3O2S/c1-12-3-6-18(13(2)9-12)31-21(30-22(32)16(11-29)23(31)34)20-8-7-19(33-20)15-10-14(24(26,27)28)4-5-17(15)25/h3-10,21,34H,1-2H3,(H,30,32). The third kappa shape index (κ3) is 4.27. The summed E-state index contributed by atoms with van der Waals surface area (Å²) in [5.74, 6) is -0.328. The maximum Gasteiger partial charge on any atom is 0.416 e. The van der Waals surface area contributed by atoms with Crippen molar-refractivity contribution in [2.24, 2.45) is 0 Å². The van der Waals surface area contributed by atoms with Crippen LogP contribution in [-0.4, -0.2) is 5.91 Å². The molecule has 0 saturated heterocycles. The molecule has 0 fully saturated rings. The number of nitrogens with zero attached hydrogens (tertiary/aromatic N) is 2. The van der Waals surface area contributed by atoms with Gasteiger partial charge in [-0.15, -0.1) is 12.6 Å². The number of carbonyl (C=O) groups is 1. The number of hydrogen-bond acceptors (Lipinski definition) is 5. The van der Waals surface area contributed by atoms with Gasteiger partial charge in [0.15, 0.2) is 6.17 Å². The number of rotatable bonds is 3. The molecule has 1 aliphatic heterocycles. The molecule has 5 nitrogen and oxygen atoms in total. The number of anilines is 1. The molecule has 1 amide bonds. The lowest BCUT2D eigenvalue weighted by Gasteiger charge is -2.37. The van der Waals surface area contributed by atoms with Gasteiger partial charge in [-0.25, -0.2) is 0 Å². The Balaban J connectivity index is 1.82. The number of halogens is 4. The Morgan fingerprint density at radius 2 is 1.88 bits per heavy atom. The van der Waals surface area contributed by atoms with E-state index >= 15 is 0 Å². The van der Waals surface area contributed by atoms with E-state index in [1.807, 2.05) is 38.1 Å². The van der Waals surface area contributed by atoms with E-state index in [2.05, 4.69) is 17.9 Å². The zero-order chi connectivity index (χ0) is 24.8. The molecule has 1 N–H and O–H groups in total. The zero-order valence-electron chi connectivity index (χ0n) is 17.9. The lowest BCUT2D eigenvalue weighted by atomic mass is 10.1. The third-order valence-corrected chi connectivity index (χ3v) is 6.15. The zero-order valence-corrected chi connectivity index (χ0v) is 19.5. The fourth-order valence-corrected chi connectivity index (χ4v) is 4.35. The van der Waals surface area contributed by atoms with Gasteiger partial charge in [0.05, 0.1) is 15.6 Å². The van der Waals surface area contributed by atoms with Crippen molar-refractivity contribution >= 4 is 35.8 Å². The van der Waals surface area contributed by atoms with Crippen LogP contribution in [0.25, 0.3) is 11.3 Å². The van der Waals surface area contributed by atoms with Gasteiger partial charge in [-0.05, 0) is 55.8 Å². The van der Waals surface area contributed by atoms with Gasteiger partial charge in [-0.1, -0.05) is 29.3 Å². The minimum atomic E-state index is -4.55. The van der Waals surface area contributed by atoms with Crippen molar-refractivity contribution in [3.05, 3.63) is 86.6 Å². The highest BCUT2D eigenvalue weighted by Crippen LogP contribution is 2.41. The van der Waals surface area contributed by atoms with Crippen LogP contribution in [0, 0.1) is 25.2 Å². The van der Waals surface area contributed by atoms with Crippen molar-refractivity contribution in [3.63, 3.8) is 0 Å². The van der Waals surface area contributed by atoms with Gasteiger partial charge >= 0.3 is 6.18 Å². The van der Waals surface area contributed by atoms with E-state index in [0.717, 1.165) is 29.3 Å². The number of benzene rings is 2. The molecule has 4 rings (SSSR count). The average Bonchev–Trinajstić information content (AvgIpc) is 3.24. The Morgan fingerprint density at radius 3 is 2.53 bits per heavy atom. The number of carbonyl (C=O) groups excluding carboxylic acids is 1. The smallest absolute Gasteiger partial charge is 0.416 e. The minimum Gasteiger partial charge on any atom is -0.457 e. The second-order valence-corrected chi connectivity index (χ2v) is 8.57. The molecule has 0 spiro atoms. The van der Waals surface area contributed by atoms with Gasteiger partial charge in [-0.3, -0.25) is 4.79 Å². The van der Waals surface area contributed by atoms with Gasteiger partial charge < -0.3 is 14.6 Å². The Hall–Kier alpha value is -3.35. The van der Waals surface area contributed by atoms with Gasteiger partial charge in [0.1, 0.15) is 23.2 Å². The fourth-order valence-electron chi connectivity index (χ4n) is 3.77. The number of nitriles is 1. The van der Waals surface area contributed by atoms with Crippen molar-refractivity contribution in [2.45, 2.75) is 26.2 Å². The van der Waals surface area contributed by atoms with Crippen molar-refractivity contribution in [1.29, 1.82) is 5.26 Å². The molecule has 0 radical (unpaired) electrons. The monoisotopic (exact) mass is 503 g/mol. The lowest BCUT2D eigenvalue weighted by molar-refractivity contribution is -0.137. The minimum absolute atomic E-state index is 0.0577. The van der Waals surface area contributed by atoms with E-state index in [1.165, 1.54) is 12.1 Å². The molecule has 1 atom stereocenters. The highest BCUT2D eigenvalue weighted by Gasteiger charge is 2.37. The normalized spacial score (nSPS) is 16.5. The third-order valence-electron chi connectivity index (χ3n) is 5.38. The maximum atomic E-state index is 13.2. The maximum absolute atomic E-state index is 13.2. The largest absolute Gasteiger partial charge is 0.457 e. The van der Waals surface area contributed by atoms with Crippen LogP contribution in [0.4, 0.5) is 18.9 Å². The summed E-state index contributed by atoms with van der Waals surface area (Å²) in [6.45, 7) is 3.81. The molecule has 10 heteroatoms. The summed E-state index contributed by atoms with van der Waals surface area (Å²) in [4.78, 5) is 14.2. The molecule has 0 bridgehead atoms. The first-order chi connectivity index (χ1) is 16.0. The molecule has 1 aliphatic rings. The highest BCUT2D eigenvalue weighted by molar-refractivity contribution is 7.84. The van der Waals surface area contributed by atoms with Crippen molar-refractivity contribution in [2.75, 3.05) is 4.90 Å². The van der Waals surface area contributed by atoms with Crippen LogP contribution < -0.4 is 10.2 Å². The number of hydrogen-bond donors (Lipinski definition) is 2. The topological polar surface area (TPSA) is 69.3 Å².